The third-order valence-corrected chi connectivity index (χ3v) is 5.12. The molecule has 0 radical (unpaired) electrons. The van der Waals surface area contributed by atoms with Gasteiger partial charge in [0.25, 0.3) is 0 Å². The number of aryl methyl sites for hydroxylation is 1. The average molecular weight is 337 g/mol. The summed E-state index contributed by atoms with van der Waals surface area (Å²) >= 11 is 0. The fraction of sp³-hybridized carbons (Fsp3) is 0.125. The van der Waals surface area contributed by atoms with Gasteiger partial charge < -0.3 is 4.42 Å². The molecule has 3 aromatic carbocycles. The van der Waals surface area contributed by atoms with Crippen LogP contribution in [0.5, 0.6) is 0 Å². The first-order chi connectivity index (χ1) is 12.8. The van der Waals surface area contributed by atoms with Crippen molar-refractivity contribution in [3.8, 4) is 0 Å². The van der Waals surface area contributed by atoms with Crippen LogP contribution in [0.1, 0.15) is 34.4 Å². The maximum Gasteiger partial charge on any atom is 0.191 e. The van der Waals surface area contributed by atoms with Gasteiger partial charge in [-0.2, -0.15) is 0 Å². The van der Waals surface area contributed by atoms with Crippen molar-refractivity contribution in [2.24, 2.45) is 0 Å². The highest BCUT2D eigenvalue weighted by molar-refractivity contribution is 5.84. The molecule has 1 aliphatic carbocycles. The standard InChI is InChI=1S/C24H19NO/c1-16-25-24-22(18-8-3-2-4-9-18)14-21(15-23(24)26-16)20-12-11-17-7-5-6-10-19(17)13-20/h2-14,21H,15H2,1H3. The monoisotopic (exact) mass is 337 g/mol. The minimum Gasteiger partial charge on any atom is -0.445 e. The van der Waals surface area contributed by atoms with E-state index in [1.165, 1.54) is 27.5 Å². The maximum atomic E-state index is 5.94. The van der Waals surface area contributed by atoms with E-state index in [1.54, 1.807) is 0 Å². The van der Waals surface area contributed by atoms with E-state index in [2.05, 4.69) is 77.8 Å². The van der Waals surface area contributed by atoms with Crippen LogP contribution in [-0.4, -0.2) is 4.98 Å². The smallest absolute Gasteiger partial charge is 0.191 e. The van der Waals surface area contributed by atoms with Crippen LogP contribution < -0.4 is 0 Å². The number of nitrogens with zero attached hydrogens (tertiary/aromatic N) is 1. The van der Waals surface area contributed by atoms with E-state index in [0.717, 1.165) is 23.8 Å². The molecule has 1 unspecified atom stereocenters. The minimum absolute atomic E-state index is 0.287. The van der Waals surface area contributed by atoms with Crippen molar-refractivity contribution < 1.29 is 4.42 Å². The highest BCUT2D eigenvalue weighted by Gasteiger charge is 2.26. The first kappa shape index (κ1) is 15.2. The lowest BCUT2D eigenvalue weighted by atomic mass is 9.83. The van der Waals surface area contributed by atoms with Gasteiger partial charge in [-0.15, -0.1) is 0 Å². The van der Waals surface area contributed by atoms with Crippen LogP contribution in [0, 0.1) is 6.92 Å². The van der Waals surface area contributed by atoms with E-state index in [-0.39, 0.29) is 5.92 Å². The van der Waals surface area contributed by atoms with Gasteiger partial charge in [0.2, 0.25) is 0 Å². The molecule has 2 nitrogen and oxygen atoms in total. The van der Waals surface area contributed by atoms with Crippen LogP contribution in [0.25, 0.3) is 16.3 Å². The molecule has 1 heterocycles. The van der Waals surface area contributed by atoms with Gasteiger partial charge in [-0.1, -0.05) is 78.9 Å². The van der Waals surface area contributed by atoms with E-state index in [9.17, 15) is 0 Å². The van der Waals surface area contributed by atoms with Crippen LogP contribution in [0.3, 0.4) is 0 Å². The van der Waals surface area contributed by atoms with Gasteiger partial charge in [-0.3, -0.25) is 0 Å². The van der Waals surface area contributed by atoms with Crippen molar-refractivity contribution in [1.82, 2.24) is 4.98 Å². The molecule has 0 aliphatic heterocycles. The summed E-state index contributed by atoms with van der Waals surface area (Å²) in [6.45, 7) is 1.92. The Balaban J connectivity index is 1.65. The third-order valence-electron chi connectivity index (χ3n) is 5.12. The molecule has 1 aliphatic rings. The van der Waals surface area contributed by atoms with Gasteiger partial charge >= 0.3 is 0 Å². The second kappa shape index (κ2) is 5.99. The number of benzene rings is 3. The zero-order valence-electron chi connectivity index (χ0n) is 14.6. The van der Waals surface area contributed by atoms with Gasteiger partial charge in [-0.25, -0.2) is 4.98 Å². The van der Waals surface area contributed by atoms with Crippen LogP contribution in [0.15, 0.2) is 83.3 Å². The molecule has 2 heteroatoms. The molecule has 26 heavy (non-hydrogen) atoms. The molecule has 0 fully saturated rings. The Morgan fingerprint density at radius 1 is 0.885 bits per heavy atom. The van der Waals surface area contributed by atoms with Crippen molar-refractivity contribution in [2.45, 2.75) is 19.3 Å². The topological polar surface area (TPSA) is 26.0 Å². The van der Waals surface area contributed by atoms with Crippen LogP contribution >= 0.6 is 0 Å². The number of allylic oxidation sites excluding steroid dienone is 1. The van der Waals surface area contributed by atoms with Crippen LogP contribution in [-0.2, 0) is 6.42 Å². The fourth-order valence-electron chi connectivity index (χ4n) is 3.86. The summed E-state index contributed by atoms with van der Waals surface area (Å²) in [6, 6.07) is 25.7. The van der Waals surface area contributed by atoms with Gasteiger partial charge in [-0.05, 0) is 21.9 Å². The van der Waals surface area contributed by atoms with Gasteiger partial charge in [0, 0.05) is 24.8 Å². The first-order valence-electron chi connectivity index (χ1n) is 9.00. The van der Waals surface area contributed by atoms with Crippen LogP contribution in [0.2, 0.25) is 0 Å². The normalized spacial score (nSPS) is 16.3. The lowest BCUT2D eigenvalue weighted by Gasteiger charge is -2.21. The fourth-order valence-corrected chi connectivity index (χ4v) is 3.86. The summed E-state index contributed by atoms with van der Waals surface area (Å²) in [7, 11) is 0. The zero-order valence-corrected chi connectivity index (χ0v) is 14.6. The summed E-state index contributed by atoms with van der Waals surface area (Å²) in [5.74, 6) is 2.01. The highest BCUT2D eigenvalue weighted by Crippen LogP contribution is 2.38. The Kier molecular flexibility index (Phi) is 3.49. The number of aromatic nitrogens is 1. The Morgan fingerprint density at radius 2 is 1.65 bits per heavy atom. The van der Waals surface area contributed by atoms with E-state index in [4.69, 9.17) is 4.42 Å². The van der Waals surface area contributed by atoms with E-state index < -0.39 is 0 Å². The predicted molar refractivity (Wildman–Crippen MR) is 105 cm³/mol. The molecule has 0 N–H and O–H groups in total. The Labute approximate surface area is 152 Å². The lowest BCUT2D eigenvalue weighted by Crippen LogP contribution is -2.09. The Hall–Kier alpha value is -3.13. The van der Waals surface area contributed by atoms with Crippen molar-refractivity contribution in [1.29, 1.82) is 0 Å². The number of hydrogen-bond donors (Lipinski definition) is 0. The molecule has 1 aromatic heterocycles. The van der Waals surface area contributed by atoms with Crippen LogP contribution in [0.4, 0.5) is 0 Å². The molecule has 0 saturated heterocycles. The second-order valence-corrected chi connectivity index (χ2v) is 6.87. The highest BCUT2D eigenvalue weighted by atomic mass is 16.4. The minimum atomic E-state index is 0.287. The Morgan fingerprint density at radius 3 is 2.50 bits per heavy atom. The molecule has 0 bridgehead atoms. The second-order valence-electron chi connectivity index (χ2n) is 6.87. The molecule has 0 saturated carbocycles. The van der Waals surface area contributed by atoms with Gasteiger partial charge in [0.15, 0.2) is 5.89 Å². The molecular weight excluding hydrogens is 318 g/mol. The van der Waals surface area contributed by atoms with Crippen molar-refractivity contribution in [3.05, 3.63) is 107 Å². The van der Waals surface area contributed by atoms with Crippen molar-refractivity contribution in [3.63, 3.8) is 0 Å². The Bertz CT molecular complexity index is 1120. The lowest BCUT2D eigenvalue weighted by molar-refractivity contribution is 0.466. The quantitative estimate of drug-likeness (QED) is 0.454. The molecule has 4 aromatic rings. The van der Waals surface area contributed by atoms with Gasteiger partial charge in [0.1, 0.15) is 11.5 Å². The summed E-state index contributed by atoms with van der Waals surface area (Å²) in [4.78, 5) is 4.65. The van der Waals surface area contributed by atoms with E-state index in [0.29, 0.717) is 0 Å². The summed E-state index contributed by atoms with van der Waals surface area (Å²) < 4.78 is 5.94. The molecule has 0 spiro atoms. The van der Waals surface area contributed by atoms with E-state index >= 15 is 0 Å². The third kappa shape index (κ3) is 2.55. The molecule has 5 rings (SSSR count). The van der Waals surface area contributed by atoms with Gasteiger partial charge in [0.05, 0.1) is 0 Å². The molecule has 126 valence electrons. The summed E-state index contributed by atoms with van der Waals surface area (Å²) in [6.07, 6.45) is 3.20. The number of fused-ring (bicyclic) bond motifs is 2. The number of oxazole rings is 1. The largest absolute Gasteiger partial charge is 0.445 e. The number of hydrogen-bond acceptors (Lipinski definition) is 2. The van der Waals surface area contributed by atoms with E-state index in [1.807, 2.05) is 13.0 Å². The molecule has 0 amide bonds. The molecule has 1 atom stereocenters. The maximum absolute atomic E-state index is 5.94. The first-order valence-corrected chi connectivity index (χ1v) is 9.00. The van der Waals surface area contributed by atoms with Crippen molar-refractivity contribution in [2.75, 3.05) is 0 Å². The average Bonchev–Trinajstić information content (AvgIpc) is 3.07. The summed E-state index contributed by atoms with van der Waals surface area (Å²) in [5, 5.41) is 2.55. The van der Waals surface area contributed by atoms with Crippen molar-refractivity contribution >= 4 is 16.3 Å². The zero-order chi connectivity index (χ0) is 17.5. The molecular formula is C24H19NO. The summed E-state index contributed by atoms with van der Waals surface area (Å²) in [5.41, 5.74) is 4.66. The number of rotatable bonds is 2. The SMILES string of the molecule is Cc1nc2c(o1)CC(c1ccc3ccccc3c1)C=C2c1ccccc1. The predicted octanol–water partition coefficient (Wildman–Crippen LogP) is 5.91.